The highest BCUT2D eigenvalue weighted by molar-refractivity contribution is 7.89. The Labute approximate surface area is 128 Å². The fraction of sp³-hybridized carbons (Fsp3) is 0.455. The summed E-state index contributed by atoms with van der Waals surface area (Å²) < 4.78 is 30.8. The molecule has 1 aromatic carbocycles. The van der Waals surface area contributed by atoms with Crippen molar-refractivity contribution in [3.05, 3.63) is 28.3 Å². The quantitative estimate of drug-likeness (QED) is 0.640. The van der Waals surface area contributed by atoms with Crippen LogP contribution in [0.15, 0.2) is 23.1 Å². The molecule has 21 heavy (non-hydrogen) atoms. The lowest BCUT2D eigenvalue weighted by atomic mass is 10.3. The van der Waals surface area contributed by atoms with E-state index >= 15 is 0 Å². The van der Waals surface area contributed by atoms with E-state index in [0.29, 0.717) is 13.0 Å². The number of benzene rings is 1. The van der Waals surface area contributed by atoms with E-state index in [1.165, 1.54) is 23.5 Å². The lowest BCUT2D eigenvalue weighted by Gasteiger charge is -2.16. The van der Waals surface area contributed by atoms with Crippen LogP contribution in [0.4, 0.5) is 5.69 Å². The topological polar surface area (TPSA) is 116 Å². The predicted molar refractivity (Wildman–Crippen MR) is 78.2 cm³/mol. The highest BCUT2D eigenvalue weighted by atomic mass is 35.5. The van der Waals surface area contributed by atoms with E-state index in [1.807, 2.05) is 0 Å². The largest absolute Gasteiger partial charge is 0.490 e. The van der Waals surface area contributed by atoms with Gasteiger partial charge >= 0.3 is 5.69 Å². The molecule has 0 aromatic heterocycles. The molecule has 0 radical (unpaired) electrons. The third-order valence-electron chi connectivity index (χ3n) is 3.17. The van der Waals surface area contributed by atoms with Gasteiger partial charge in [0.05, 0.1) is 16.9 Å². The van der Waals surface area contributed by atoms with Crippen LogP contribution in [0.25, 0.3) is 0 Å². The van der Waals surface area contributed by atoms with Gasteiger partial charge in [0.2, 0.25) is 10.0 Å². The Hall–Kier alpha value is -1.42. The van der Waals surface area contributed by atoms with Crippen molar-refractivity contribution in [1.29, 1.82) is 0 Å². The molecule has 1 aromatic rings. The van der Waals surface area contributed by atoms with Crippen molar-refractivity contribution in [2.75, 3.05) is 20.2 Å². The third-order valence-corrected chi connectivity index (χ3v) is 5.03. The van der Waals surface area contributed by atoms with Gasteiger partial charge in [-0.15, -0.1) is 12.4 Å². The number of nitro benzene ring substituents is 1. The first-order valence-electron chi connectivity index (χ1n) is 5.94. The molecule has 2 rings (SSSR count). The standard InChI is InChI=1S/C11H15N3O5S.ClH/c1-19-11-3-2-9(6-10(11)14(15)16)20(17,18)13-5-4-8(12)7-13;/h2-3,6,8H,4-5,7,12H2,1H3;1H/t8-;/m0./s1. The second kappa shape index (κ2) is 6.56. The molecule has 0 unspecified atom stereocenters. The van der Waals surface area contributed by atoms with Crippen LogP contribution in [-0.4, -0.2) is 43.9 Å². The summed E-state index contributed by atoms with van der Waals surface area (Å²) in [7, 11) is -2.47. The van der Waals surface area contributed by atoms with Gasteiger partial charge in [-0.1, -0.05) is 0 Å². The second-order valence-electron chi connectivity index (χ2n) is 4.50. The fourth-order valence-corrected chi connectivity index (χ4v) is 3.63. The van der Waals surface area contributed by atoms with Crippen molar-refractivity contribution in [3.63, 3.8) is 0 Å². The highest BCUT2D eigenvalue weighted by Crippen LogP contribution is 2.31. The Morgan fingerprint density at radius 2 is 2.14 bits per heavy atom. The van der Waals surface area contributed by atoms with Crippen molar-refractivity contribution in [2.24, 2.45) is 5.73 Å². The molecular weight excluding hydrogens is 322 g/mol. The first kappa shape index (κ1) is 17.6. The van der Waals surface area contributed by atoms with Gasteiger partial charge in [0.1, 0.15) is 0 Å². The van der Waals surface area contributed by atoms with Crippen molar-refractivity contribution < 1.29 is 18.1 Å². The second-order valence-corrected chi connectivity index (χ2v) is 6.44. The molecule has 1 saturated heterocycles. The van der Waals surface area contributed by atoms with E-state index in [-0.39, 0.29) is 41.3 Å². The number of nitrogens with zero attached hydrogens (tertiary/aromatic N) is 2. The Morgan fingerprint density at radius 1 is 1.48 bits per heavy atom. The Bertz CT molecular complexity index is 637. The molecule has 0 aliphatic carbocycles. The minimum Gasteiger partial charge on any atom is -0.490 e. The van der Waals surface area contributed by atoms with Gasteiger partial charge in [-0.05, 0) is 18.6 Å². The number of halogens is 1. The summed E-state index contributed by atoms with van der Waals surface area (Å²) in [6.07, 6.45) is 0.581. The monoisotopic (exact) mass is 337 g/mol. The molecule has 1 aliphatic rings. The van der Waals surface area contributed by atoms with E-state index in [0.717, 1.165) is 6.07 Å². The molecule has 8 nitrogen and oxygen atoms in total. The lowest BCUT2D eigenvalue weighted by Crippen LogP contribution is -2.32. The van der Waals surface area contributed by atoms with Crippen molar-refractivity contribution >= 4 is 28.1 Å². The van der Waals surface area contributed by atoms with E-state index in [2.05, 4.69) is 0 Å². The van der Waals surface area contributed by atoms with Crippen LogP contribution < -0.4 is 10.5 Å². The summed E-state index contributed by atoms with van der Waals surface area (Å²) in [5.41, 5.74) is 5.31. The molecule has 1 aliphatic heterocycles. The molecule has 0 spiro atoms. The molecule has 1 atom stereocenters. The summed E-state index contributed by atoms with van der Waals surface area (Å²) in [5.74, 6) is 0.0204. The summed E-state index contributed by atoms with van der Waals surface area (Å²) in [5, 5.41) is 10.9. The zero-order valence-electron chi connectivity index (χ0n) is 11.3. The van der Waals surface area contributed by atoms with Gasteiger partial charge in [0, 0.05) is 25.2 Å². The molecular formula is C11H16ClN3O5S. The van der Waals surface area contributed by atoms with Crippen LogP contribution in [0.1, 0.15) is 6.42 Å². The zero-order chi connectivity index (χ0) is 14.9. The molecule has 2 N–H and O–H groups in total. The van der Waals surface area contributed by atoms with Crippen molar-refractivity contribution in [2.45, 2.75) is 17.4 Å². The molecule has 0 saturated carbocycles. The van der Waals surface area contributed by atoms with Gasteiger partial charge in [-0.3, -0.25) is 10.1 Å². The van der Waals surface area contributed by atoms with Crippen LogP contribution >= 0.6 is 12.4 Å². The maximum Gasteiger partial charge on any atom is 0.312 e. The average molecular weight is 338 g/mol. The van der Waals surface area contributed by atoms with Crippen LogP contribution in [0.2, 0.25) is 0 Å². The molecule has 118 valence electrons. The maximum atomic E-state index is 12.4. The minimum absolute atomic E-state index is 0. The van der Waals surface area contributed by atoms with Crippen molar-refractivity contribution in [1.82, 2.24) is 4.31 Å². The normalized spacial score (nSPS) is 19.0. The van der Waals surface area contributed by atoms with Crippen molar-refractivity contribution in [3.8, 4) is 5.75 Å². The Morgan fingerprint density at radius 3 is 2.62 bits per heavy atom. The van der Waals surface area contributed by atoms with E-state index in [4.69, 9.17) is 10.5 Å². The molecule has 0 amide bonds. The number of sulfonamides is 1. The van der Waals surface area contributed by atoms with E-state index < -0.39 is 14.9 Å². The number of hydrogen-bond donors (Lipinski definition) is 1. The van der Waals surface area contributed by atoms with Gasteiger partial charge in [-0.25, -0.2) is 8.42 Å². The number of methoxy groups -OCH3 is 1. The summed E-state index contributed by atoms with van der Waals surface area (Å²) in [6, 6.07) is 3.39. The molecule has 0 bridgehead atoms. The van der Waals surface area contributed by atoms with Gasteiger partial charge in [0.25, 0.3) is 0 Å². The van der Waals surface area contributed by atoms with Gasteiger partial charge < -0.3 is 10.5 Å². The average Bonchev–Trinajstić information content (AvgIpc) is 2.85. The minimum atomic E-state index is -3.76. The number of nitrogens with two attached hydrogens (primary N) is 1. The first-order chi connectivity index (χ1) is 9.36. The number of ether oxygens (including phenoxy) is 1. The van der Waals surface area contributed by atoms with Gasteiger partial charge in [0.15, 0.2) is 5.75 Å². The smallest absolute Gasteiger partial charge is 0.312 e. The summed E-state index contributed by atoms with van der Waals surface area (Å²) in [4.78, 5) is 10.1. The predicted octanol–water partition coefficient (Wildman–Crippen LogP) is 0.747. The lowest BCUT2D eigenvalue weighted by molar-refractivity contribution is -0.386. The van der Waals surface area contributed by atoms with Crippen LogP contribution in [0.5, 0.6) is 5.75 Å². The molecule has 1 heterocycles. The number of hydrogen-bond acceptors (Lipinski definition) is 6. The van der Waals surface area contributed by atoms with E-state index in [9.17, 15) is 18.5 Å². The van der Waals surface area contributed by atoms with Crippen LogP contribution in [0, 0.1) is 10.1 Å². The number of rotatable bonds is 4. The SMILES string of the molecule is COc1ccc(S(=O)(=O)N2CC[C@H](N)C2)cc1[N+](=O)[O-].Cl. The zero-order valence-corrected chi connectivity index (χ0v) is 12.9. The van der Waals surface area contributed by atoms with Gasteiger partial charge in [-0.2, -0.15) is 4.31 Å². The summed E-state index contributed by atoms with van der Waals surface area (Å²) >= 11 is 0. The van der Waals surface area contributed by atoms with E-state index in [1.54, 1.807) is 0 Å². The third kappa shape index (κ3) is 3.43. The summed E-state index contributed by atoms with van der Waals surface area (Å²) in [6.45, 7) is 0.547. The maximum absolute atomic E-state index is 12.4. The Balaban J connectivity index is 0.00000220. The number of nitro groups is 1. The fourth-order valence-electron chi connectivity index (χ4n) is 2.09. The molecule has 10 heteroatoms. The molecule has 1 fully saturated rings. The van der Waals surface area contributed by atoms with Crippen LogP contribution in [0.3, 0.4) is 0 Å². The Kier molecular flexibility index (Phi) is 5.51. The first-order valence-corrected chi connectivity index (χ1v) is 7.38. The van der Waals surface area contributed by atoms with Crippen LogP contribution in [-0.2, 0) is 10.0 Å². The highest BCUT2D eigenvalue weighted by Gasteiger charge is 2.32.